The first-order valence-electron chi connectivity index (χ1n) is 1.20. The van der Waals surface area contributed by atoms with E-state index < -0.39 is 0 Å². The second kappa shape index (κ2) is 4.99. The molecule has 0 rings (SSSR count). The minimum atomic E-state index is 0. The molecule has 2 heteroatoms. The van der Waals surface area contributed by atoms with Gasteiger partial charge < -0.3 is 4.79 Å². The molecule has 5 heavy (non-hydrogen) atoms. The van der Waals surface area contributed by atoms with E-state index in [1.807, 2.05) is 0 Å². The molecule has 0 heterocycles. The van der Waals surface area contributed by atoms with E-state index in [9.17, 15) is 4.79 Å². The van der Waals surface area contributed by atoms with Gasteiger partial charge in [-0.1, -0.05) is 0 Å². The third kappa shape index (κ3) is 45.3. The molecule has 0 fully saturated rings. The van der Waals surface area contributed by atoms with Crippen LogP contribution in [0.15, 0.2) is 0 Å². The molecule has 0 bridgehead atoms. The van der Waals surface area contributed by atoms with Crippen LogP contribution in [0.5, 0.6) is 0 Å². The Hall–Kier alpha value is 0.995. The fourth-order valence-corrected chi connectivity index (χ4v) is 0. The monoisotopic (exact) mass is 290 g/mol. The van der Waals surface area contributed by atoms with Crippen LogP contribution in [-0.4, -0.2) is 5.78 Å². The molecule has 0 amide bonds. The summed E-state index contributed by atoms with van der Waals surface area (Å²) < 4.78 is 0. The molecular formula is C3H6OTh. The molecule has 28 valence electrons. The van der Waals surface area contributed by atoms with Crippen LogP contribution in [0.4, 0.5) is 0 Å². The van der Waals surface area contributed by atoms with E-state index in [0.29, 0.717) is 0 Å². The Morgan fingerprint density at radius 2 is 1.40 bits per heavy atom. The summed E-state index contributed by atoms with van der Waals surface area (Å²) in [5.41, 5.74) is 0. The Kier molecular flexibility index (Phi) is 9.36. The van der Waals surface area contributed by atoms with E-state index in [1.165, 1.54) is 13.8 Å². The topological polar surface area (TPSA) is 17.1 Å². The summed E-state index contributed by atoms with van der Waals surface area (Å²) in [4.78, 5) is 9.44. The standard InChI is InChI=1S/C3H6O.Th/c1-3(2)4;/h1-2H3;. The van der Waals surface area contributed by atoms with Gasteiger partial charge in [-0.15, -0.1) is 0 Å². The second-order valence-corrected chi connectivity index (χ2v) is 0.908. The van der Waals surface area contributed by atoms with E-state index in [4.69, 9.17) is 0 Å². The van der Waals surface area contributed by atoms with Gasteiger partial charge in [0, 0.05) is 39.9 Å². The number of rotatable bonds is 0. The third-order valence-corrected chi connectivity index (χ3v) is 0. The van der Waals surface area contributed by atoms with E-state index in [-0.39, 0.29) is 45.7 Å². The summed E-state index contributed by atoms with van der Waals surface area (Å²) >= 11 is 0. The van der Waals surface area contributed by atoms with Gasteiger partial charge in [-0.05, 0) is 13.8 Å². The van der Waals surface area contributed by atoms with Crippen LogP contribution in [0.1, 0.15) is 13.8 Å². The Balaban J connectivity index is 0. The molecule has 0 aromatic heterocycles. The largest absolute Gasteiger partial charge is 0.300 e. The van der Waals surface area contributed by atoms with Crippen molar-refractivity contribution in [1.82, 2.24) is 0 Å². The van der Waals surface area contributed by atoms with E-state index >= 15 is 0 Å². The average molecular weight is 290 g/mol. The van der Waals surface area contributed by atoms with Crippen molar-refractivity contribution in [2.24, 2.45) is 0 Å². The number of carbonyl (C=O) groups is 1. The van der Waals surface area contributed by atoms with Crippen molar-refractivity contribution in [3.63, 3.8) is 0 Å². The summed E-state index contributed by atoms with van der Waals surface area (Å²) in [5.74, 6) is 0.167. The maximum atomic E-state index is 9.44. The summed E-state index contributed by atoms with van der Waals surface area (Å²) in [5, 5.41) is 0. The van der Waals surface area contributed by atoms with Gasteiger partial charge in [-0.25, -0.2) is 0 Å². The van der Waals surface area contributed by atoms with Crippen LogP contribution in [0.3, 0.4) is 0 Å². The summed E-state index contributed by atoms with van der Waals surface area (Å²) in [7, 11) is 0. The van der Waals surface area contributed by atoms with Crippen molar-refractivity contribution in [2.45, 2.75) is 13.8 Å². The summed E-state index contributed by atoms with van der Waals surface area (Å²) in [6.45, 7) is 3.06. The SMILES string of the molecule is CC(C)=O.[Th]. The van der Waals surface area contributed by atoms with Crippen molar-refractivity contribution in [1.29, 1.82) is 0 Å². The predicted octanol–water partition coefficient (Wildman–Crippen LogP) is 0.595. The van der Waals surface area contributed by atoms with Crippen LogP contribution in [0.2, 0.25) is 0 Å². The zero-order valence-electron chi connectivity index (χ0n) is 3.41. The van der Waals surface area contributed by atoms with Crippen molar-refractivity contribution in [3.8, 4) is 0 Å². The quantitative estimate of drug-likeness (QED) is 0.638. The van der Waals surface area contributed by atoms with Gasteiger partial charge >= 0.3 is 0 Å². The summed E-state index contributed by atoms with van der Waals surface area (Å²) in [6, 6.07) is 0. The molecule has 0 spiro atoms. The Morgan fingerprint density at radius 1 is 1.40 bits per heavy atom. The molecule has 0 aromatic carbocycles. The van der Waals surface area contributed by atoms with Crippen molar-refractivity contribution < 1.29 is 44.7 Å². The van der Waals surface area contributed by atoms with Gasteiger partial charge in [0.15, 0.2) is 0 Å². The number of hydrogen-bond acceptors (Lipinski definition) is 1. The first kappa shape index (κ1) is 9.37. The van der Waals surface area contributed by atoms with Crippen LogP contribution in [-0.2, 0) is 4.79 Å². The Bertz CT molecular complexity index is 29.9. The average Bonchev–Trinajstić information content (AvgIpc) is 0.811. The van der Waals surface area contributed by atoms with Crippen LogP contribution in [0.25, 0.3) is 0 Å². The molecular weight excluding hydrogens is 284 g/mol. The molecule has 0 aromatic rings. The molecule has 0 N–H and O–H groups in total. The van der Waals surface area contributed by atoms with Gasteiger partial charge in [-0.3, -0.25) is 0 Å². The van der Waals surface area contributed by atoms with Gasteiger partial charge in [0.05, 0.1) is 0 Å². The minimum Gasteiger partial charge on any atom is -0.300 e. The molecule has 1 nitrogen and oxygen atoms in total. The van der Waals surface area contributed by atoms with E-state index in [2.05, 4.69) is 0 Å². The Morgan fingerprint density at radius 3 is 1.40 bits per heavy atom. The first-order valence-corrected chi connectivity index (χ1v) is 1.20. The maximum Gasteiger partial charge on any atom is 0.126 e. The zero-order chi connectivity index (χ0) is 3.58. The number of hydrogen-bond donors (Lipinski definition) is 0. The molecule has 0 aliphatic heterocycles. The van der Waals surface area contributed by atoms with E-state index in [0.717, 1.165) is 0 Å². The fourth-order valence-electron chi connectivity index (χ4n) is 0. The first-order chi connectivity index (χ1) is 1.73. The summed E-state index contributed by atoms with van der Waals surface area (Å²) in [6.07, 6.45) is 0. The van der Waals surface area contributed by atoms with Gasteiger partial charge in [0.1, 0.15) is 5.78 Å². The molecule has 0 atom stereocenters. The second-order valence-electron chi connectivity index (χ2n) is 0.908. The molecule has 0 aliphatic rings. The molecule has 0 unspecified atom stereocenters. The number of ketones is 1. The smallest absolute Gasteiger partial charge is 0.126 e. The molecule has 0 aliphatic carbocycles. The maximum absolute atomic E-state index is 9.44. The Labute approximate surface area is 63.8 Å². The number of Topliss-reactive ketones (excluding diaryl/α,β-unsaturated/α-hetero) is 1. The molecule has 0 saturated heterocycles. The van der Waals surface area contributed by atoms with Gasteiger partial charge in [0.2, 0.25) is 0 Å². The molecule has 0 radical (unpaired) electrons. The van der Waals surface area contributed by atoms with Crippen molar-refractivity contribution >= 4 is 5.78 Å². The van der Waals surface area contributed by atoms with Crippen molar-refractivity contribution in [3.05, 3.63) is 0 Å². The molecule has 0 saturated carbocycles. The van der Waals surface area contributed by atoms with Crippen molar-refractivity contribution in [2.75, 3.05) is 0 Å². The number of carbonyl (C=O) groups excluding carboxylic acids is 1. The van der Waals surface area contributed by atoms with Crippen LogP contribution in [0, 0.1) is 39.9 Å². The normalized spacial score (nSPS) is 5.20. The van der Waals surface area contributed by atoms with E-state index in [1.54, 1.807) is 0 Å². The van der Waals surface area contributed by atoms with Crippen LogP contribution < -0.4 is 0 Å². The minimum absolute atomic E-state index is 0. The predicted molar refractivity (Wildman–Crippen MR) is 16.4 cm³/mol. The van der Waals surface area contributed by atoms with Gasteiger partial charge in [-0.2, -0.15) is 0 Å². The van der Waals surface area contributed by atoms with Crippen LogP contribution >= 0.6 is 0 Å². The fraction of sp³-hybridized carbons (Fsp3) is 0.667. The third-order valence-electron chi connectivity index (χ3n) is 0. The van der Waals surface area contributed by atoms with Gasteiger partial charge in [0.25, 0.3) is 0 Å². The zero-order valence-corrected chi connectivity index (χ0v) is 7.52.